The van der Waals surface area contributed by atoms with Crippen molar-refractivity contribution >= 4 is 22.9 Å². The zero-order chi connectivity index (χ0) is 17.4. The fourth-order valence-corrected chi connectivity index (χ4v) is 4.66. The predicted octanol–water partition coefficient (Wildman–Crippen LogP) is 3.15. The Kier molecular flexibility index (Phi) is 4.27. The van der Waals surface area contributed by atoms with Gasteiger partial charge in [-0.25, -0.2) is 0 Å². The van der Waals surface area contributed by atoms with Gasteiger partial charge in [-0.2, -0.15) is 0 Å². The van der Waals surface area contributed by atoms with Crippen molar-refractivity contribution < 1.29 is 9.72 Å². The van der Waals surface area contributed by atoms with Crippen molar-refractivity contribution in [2.45, 2.75) is 18.9 Å². The van der Waals surface area contributed by atoms with Crippen LogP contribution in [-0.2, 0) is 0 Å². The molecule has 0 radical (unpaired) electrons. The number of hydrogen-bond acceptors (Lipinski definition) is 5. The van der Waals surface area contributed by atoms with Crippen LogP contribution in [0.5, 0.6) is 0 Å². The van der Waals surface area contributed by atoms with Gasteiger partial charge in [0.25, 0.3) is 11.6 Å². The smallest absolute Gasteiger partial charge is 0.270 e. The summed E-state index contributed by atoms with van der Waals surface area (Å²) in [4.78, 5) is 27.0. The van der Waals surface area contributed by atoms with E-state index in [4.69, 9.17) is 0 Å². The average molecular weight is 357 g/mol. The highest BCUT2D eigenvalue weighted by Gasteiger charge is 2.35. The molecule has 0 spiro atoms. The highest BCUT2D eigenvalue weighted by atomic mass is 32.1. The van der Waals surface area contributed by atoms with Crippen LogP contribution < -0.4 is 5.32 Å². The van der Waals surface area contributed by atoms with Crippen molar-refractivity contribution in [3.63, 3.8) is 0 Å². The Bertz CT molecular complexity index is 811. The van der Waals surface area contributed by atoms with E-state index in [1.807, 2.05) is 12.1 Å². The Morgan fingerprint density at radius 1 is 1.24 bits per heavy atom. The number of rotatable bonds is 4. The first-order chi connectivity index (χ1) is 12.1. The number of non-ortho nitro benzene ring substituents is 1. The molecule has 2 bridgehead atoms. The number of nitro benzene ring substituents is 1. The third-order valence-corrected chi connectivity index (χ3v) is 6.28. The quantitative estimate of drug-likeness (QED) is 0.674. The molecule has 1 N–H and O–H groups in total. The number of fused-ring (bicyclic) bond motifs is 3. The van der Waals surface area contributed by atoms with Gasteiger partial charge in [-0.3, -0.25) is 14.9 Å². The van der Waals surface area contributed by atoms with E-state index in [2.05, 4.69) is 10.2 Å². The van der Waals surface area contributed by atoms with Crippen LogP contribution in [0.15, 0.2) is 36.4 Å². The van der Waals surface area contributed by atoms with Gasteiger partial charge in [-0.15, -0.1) is 11.3 Å². The molecule has 3 aliphatic rings. The molecule has 1 amide bonds. The molecule has 130 valence electrons. The van der Waals surface area contributed by atoms with E-state index in [0.29, 0.717) is 10.8 Å². The minimum atomic E-state index is -0.405. The van der Waals surface area contributed by atoms with Crippen molar-refractivity contribution in [1.82, 2.24) is 10.2 Å². The van der Waals surface area contributed by atoms with Crippen LogP contribution >= 0.6 is 11.3 Å². The number of amides is 1. The molecule has 4 heterocycles. The zero-order valence-corrected chi connectivity index (χ0v) is 14.5. The van der Waals surface area contributed by atoms with Crippen LogP contribution in [0.1, 0.15) is 22.5 Å². The van der Waals surface area contributed by atoms with E-state index in [1.165, 1.54) is 17.4 Å². The Balaban J connectivity index is 1.48. The van der Waals surface area contributed by atoms with Gasteiger partial charge in [0.2, 0.25) is 0 Å². The van der Waals surface area contributed by atoms with Crippen LogP contribution in [0.3, 0.4) is 0 Å². The SMILES string of the molecule is O=C(N[C@H]1CN2CCC1CC2)c1ccc(-c2cccc([N+](=O)[O-])c2)s1. The number of carbonyl (C=O) groups is 1. The highest BCUT2D eigenvalue weighted by molar-refractivity contribution is 7.17. The molecule has 1 aromatic carbocycles. The Morgan fingerprint density at radius 3 is 2.72 bits per heavy atom. The standard InChI is InChI=1S/C18H19N3O3S/c22-18(19-15-11-20-8-6-12(15)7-9-20)17-5-4-16(25-17)13-2-1-3-14(10-13)21(23)24/h1-5,10,12,15H,6-9,11H2,(H,19,22)/t15-/m0/s1. The molecule has 1 atom stereocenters. The van der Waals surface area contributed by atoms with Crippen LogP contribution in [0, 0.1) is 16.0 Å². The van der Waals surface area contributed by atoms with Crippen LogP contribution in [0.4, 0.5) is 5.69 Å². The molecule has 1 aromatic heterocycles. The van der Waals surface area contributed by atoms with Gasteiger partial charge in [-0.1, -0.05) is 12.1 Å². The van der Waals surface area contributed by atoms with Gasteiger partial charge in [0.05, 0.1) is 9.80 Å². The average Bonchev–Trinajstić information content (AvgIpc) is 3.13. The minimum Gasteiger partial charge on any atom is -0.347 e. The van der Waals surface area contributed by atoms with Crippen LogP contribution in [0.2, 0.25) is 0 Å². The highest BCUT2D eigenvalue weighted by Crippen LogP contribution is 2.31. The van der Waals surface area contributed by atoms with E-state index < -0.39 is 4.92 Å². The fourth-order valence-electron chi connectivity index (χ4n) is 3.76. The molecule has 2 aromatic rings. The van der Waals surface area contributed by atoms with Crippen molar-refractivity contribution in [3.8, 4) is 10.4 Å². The van der Waals surface area contributed by atoms with E-state index >= 15 is 0 Å². The fraction of sp³-hybridized carbons (Fsp3) is 0.389. The summed E-state index contributed by atoms with van der Waals surface area (Å²) in [5, 5.41) is 14.1. The van der Waals surface area contributed by atoms with Gasteiger partial charge in [0.15, 0.2) is 0 Å². The summed E-state index contributed by atoms with van der Waals surface area (Å²) in [6.07, 6.45) is 2.32. The number of nitrogens with zero attached hydrogens (tertiary/aromatic N) is 2. The zero-order valence-electron chi connectivity index (χ0n) is 13.7. The maximum Gasteiger partial charge on any atom is 0.270 e. The van der Waals surface area contributed by atoms with Crippen LogP contribution in [0.25, 0.3) is 10.4 Å². The predicted molar refractivity (Wildman–Crippen MR) is 96.8 cm³/mol. The second kappa shape index (κ2) is 6.57. The summed E-state index contributed by atoms with van der Waals surface area (Å²) in [6.45, 7) is 3.24. The number of benzene rings is 1. The van der Waals surface area contributed by atoms with Gasteiger partial charge >= 0.3 is 0 Å². The number of nitro groups is 1. The lowest BCUT2D eigenvalue weighted by atomic mass is 9.84. The minimum absolute atomic E-state index is 0.0413. The number of carbonyl (C=O) groups excluding carboxylic acids is 1. The van der Waals surface area contributed by atoms with Gasteiger partial charge in [-0.05, 0) is 49.5 Å². The molecule has 6 nitrogen and oxygen atoms in total. The van der Waals surface area contributed by atoms with E-state index in [1.54, 1.807) is 18.2 Å². The lowest BCUT2D eigenvalue weighted by Crippen LogP contribution is -2.57. The van der Waals surface area contributed by atoms with Gasteiger partial charge in [0.1, 0.15) is 0 Å². The van der Waals surface area contributed by atoms with Gasteiger partial charge in [0, 0.05) is 29.6 Å². The molecule has 5 rings (SSSR count). The normalized spacial score (nSPS) is 24.9. The Labute approximate surface area is 149 Å². The number of nitrogens with one attached hydrogen (secondary N) is 1. The Morgan fingerprint density at radius 2 is 2.04 bits per heavy atom. The molecule has 0 aliphatic carbocycles. The van der Waals surface area contributed by atoms with Crippen molar-refractivity contribution in [1.29, 1.82) is 0 Å². The molecular formula is C18H19N3O3S. The molecule has 0 unspecified atom stereocenters. The molecule has 0 saturated carbocycles. The van der Waals surface area contributed by atoms with E-state index in [-0.39, 0.29) is 17.6 Å². The molecule has 3 aliphatic heterocycles. The topological polar surface area (TPSA) is 75.5 Å². The summed E-state index contributed by atoms with van der Waals surface area (Å²) in [5.74, 6) is 0.547. The first-order valence-corrected chi connectivity index (χ1v) is 9.30. The largest absolute Gasteiger partial charge is 0.347 e. The number of piperidine rings is 3. The third kappa shape index (κ3) is 3.29. The third-order valence-electron chi connectivity index (χ3n) is 5.14. The van der Waals surface area contributed by atoms with E-state index in [9.17, 15) is 14.9 Å². The van der Waals surface area contributed by atoms with Crippen molar-refractivity contribution in [2.24, 2.45) is 5.92 Å². The lowest BCUT2D eigenvalue weighted by Gasteiger charge is -2.44. The van der Waals surface area contributed by atoms with Gasteiger partial charge < -0.3 is 10.2 Å². The molecule has 7 heteroatoms. The van der Waals surface area contributed by atoms with E-state index in [0.717, 1.165) is 42.9 Å². The van der Waals surface area contributed by atoms with Crippen molar-refractivity contribution in [2.75, 3.05) is 19.6 Å². The first kappa shape index (κ1) is 16.2. The Hall–Kier alpha value is -2.25. The first-order valence-electron chi connectivity index (χ1n) is 8.48. The second-order valence-corrected chi connectivity index (χ2v) is 7.77. The maximum absolute atomic E-state index is 12.6. The maximum atomic E-state index is 12.6. The monoisotopic (exact) mass is 357 g/mol. The lowest BCUT2D eigenvalue weighted by molar-refractivity contribution is -0.384. The summed E-state index contributed by atoms with van der Waals surface area (Å²) >= 11 is 1.37. The molecule has 3 fully saturated rings. The molecular weight excluding hydrogens is 338 g/mol. The summed E-state index contributed by atoms with van der Waals surface area (Å²) < 4.78 is 0. The molecule has 3 saturated heterocycles. The summed E-state index contributed by atoms with van der Waals surface area (Å²) in [7, 11) is 0. The molecule has 25 heavy (non-hydrogen) atoms. The summed E-state index contributed by atoms with van der Waals surface area (Å²) in [5.41, 5.74) is 0.824. The second-order valence-electron chi connectivity index (χ2n) is 6.69. The van der Waals surface area contributed by atoms with Crippen LogP contribution in [-0.4, -0.2) is 41.4 Å². The number of thiophene rings is 1. The summed E-state index contributed by atoms with van der Waals surface area (Å²) in [6, 6.07) is 10.4. The number of hydrogen-bond donors (Lipinski definition) is 1. The van der Waals surface area contributed by atoms with Crippen molar-refractivity contribution in [3.05, 3.63) is 51.4 Å².